The molecule has 1 saturated heterocycles. The standard InChI is InChI=1S/C8H17N/c1-6-7(2)9(6)8(3,4)5/h6-7H,1-5H3/t6-,7-/m1/s1. The molecule has 2 atom stereocenters. The molecule has 1 aliphatic heterocycles. The summed E-state index contributed by atoms with van der Waals surface area (Å²) in [7, 11) is 0. The van der Waals surface area contributed by atoms with Crippen LogP contribution < -0.4 is 0 Å². The summed E-state index contributed by atoms with van der Waals surface area (Å²) >= 11 is 0. The Morgan fingerprint density at radius 1 is 1.00 bits per heavy atom. The van der Waals surface area contributed by atoms with Crippen molar-refractivity contribution < 1.29 is 0 Å². The summed E-state index contributed by atoms with van der Waals surface area (Å²) in [4.78, 5) is 2.52. The van der Waals surface area contributed by atoms with Gasteiger partial charge >= 0.3 is 0 Å². The molecule has 1 heteroatoms. The first-order chi connectivity index (χ1) is 3.94. The molecule has 0 N–H and O–H groups in total. The summed E-state index contributed by atoms with van der Waals surface area (Å²) in [5.74, 6) is 0. The minimum atomic E-state index is 0.388. The van der Waals surface area contributed by atoms with Gasteiger partial charge in [-0.1, -0.05) is 0 Å². The van der Waals surface area contributed by atoms with Gasteiger partial charge in [-0.05, 0) is 34.6 Å². The van der Waals surface area contributed by atoms with Crippen molar-refractivity contribution in [3.8, 4) is 0 Å². The van der Waals surface area contributed by atoms with Crippen LogP contribution >= 0.6 is 0 Å². The van der Waals surface area contributed by atoms with Crippen LogP contribution in [0, 0.1) is 0 Å². The van der Waals surface area contributed by atoms with E-state index in [1.54, 1.807) is 0 Å². The quantitative estimate of drug-likeness (QED) is 0.449. The average molecular weight is 127 g/mol. The molecule has 0 aromatic heterocycles. The van der Waals surface area contributed by atoms with E-state index in [1.807, 2.05) is 0 Å². The van der Waals surface area contributed by atoms with Gasteiger partial charge in [0.25, 0.3) is 0 Å². The maximum atomic E-state index is 2.52. The largest absolute Gasteiger partial charge is 0.290 e. The second-order valence-electron chi connectivity index (χ2n) is 4.06. The highest BCUT2D eigenvalue weighted by atomic mass is 15.4. The first kappa shape index (κ1) is 7.07. The minimum Gasteiger partial charge on any atom is -0.290 e. The predicted octanol–water partition coefficient (Wildman–Crippen LogP) is 1.88. The summed E-state index contributed by atoms with van der Waals surface area (Å²) in [6.45, 7) is 11.4. The van der Waals surface area contributed by atoms with E-state index in [0.717, 1.165) is 12.1 Å². The number of rotatable bonds is 0. The molecule has 0 spiro atoms. The van der Waals surface area contributed by atoms with Crippen LogP contribution in [0.25, 0.3) is 0 Å². The summed E-state index contributed by atoms with van der Waals surface area (Å²) in [5.41, 5.74) is 0.388. The van der Waals surface area contributed by atoms with Crippen molar-refractivity contribution in [3.05, 3.63) is 0 Å². The zero-order valence-corrected chi connectivity index (χ0v) is 7.10. The Morgan fingerprint density at radius 3 is 1.33 bits per heavy atom. The lowest BCUT2D eigenvalue weighted by Gasteiger charge is -2.21. The van der Waals surface area contributed by atoms with Crippen LogP contribution in [0.2, 0.25) is 0 Å². The molecule has 0 saturated carbocycles. The van der Waals surface area contributed by atoms with Crippen molar-refractivity contribution in [2.24, 2.45) is 0 Å². The Labute approximate surface area is 58.0 Å². The number of hydrogen-bond donors (Lipinski definition) is 0. The van der Waals surface area contributed by atoms with Gasteiger partial charge in [0.1, 0.15) is 0 Å². The molecule has 0 aromatic rings. The van der Waals surface area contributed by atoms with Crippen LogP contribution in [-0.2, 0) is 0 Å². The van der Waals surface area contributed by atoms with Gasteiger partial charge in [0, 0.05) is 17.6 Å². The average Bonchev–Trinajstić information content (AvgIpc) is 2.11. The molecule has 0 radical (unpaired) electrons. The lowest BCUT2D eigenvalue weighted by atomic mass is 10.1. The van der Waals surface area contributed by atoms with Gasteiger partial charge in [0.2, 0.25) is 0 Å². The van der Waals surface area contributed by atoms with Crippen molar-refractivity contribution in [1.29, 1.82) is 0 Å². The van der Waals surface area contributed by atoms with Crippen LogP contribution in [0.4, 0.5) is 0 Å². The highest BCUT2D eigenvalue weighted by molar-refractivity contribution is 5.02. The SMILES string of the molecule is C[C@@H]1[C@@H](C)N1C(C)(C)C. The van der Waals surface area contributed by atoms with Gasteiger partial charge in [-0.3, -0.25) is 4.90 Å². The molecule has 0 bridgehead atoms. The molecular weight excluding hydrogens is 110 g/mol. The van der Waals surface area contributed by atoms with Gasteiger partial charge in [-0.25, -0.2) is 0 Å². The van der Waals surface area contributed by atoms with Crippen LogP contribution in [0.1, 0.15) is 34.6 Å². The van der Waals surface area contributed by atoms with Gasteiger partial charge in [-0.2, -0.15) is 0 Å². The summed E-state index contributed by atoms with van der Waals surface area (Å²) in [6, 6.07) is 1.62. The van der Waals surface area contributed by atoms with E-state index >= 15 is 0 Å². The smallest absolute Gasteiger partial charge is 0.0229 e. The third kappa shape index (κ3) is 1.11. The van der Waals surface area contributed by atoms with Crippen LogP contribution in [0.5, 0.6) is 0 Å². The maximum absolute atomic E-state index is 2.52. The summed E-state index contributed by atoms with van der Waals surface area (Å²) in [6.07, 6.45) is 0. The van der Waals surface area contributed by atoms with Gasteiger partial charge < -0.3 is 0 Å². The molecule has 1 heterocycles. The third-order valence-corrected chi connectivity index (χ3v) is 2.26. The Bertz CT molecular complexity index is 104. The van der Waals surface area contributed by atoms with E-state index < -0.39 is 0 Å². The van der Waals surface area contributed by atoms with E-state index in [0.29, 0.717) is 5.54 Å². The van der Waals surface area contributed by atoms with E-state index in [-0.39, 0.29) is 0 Å². The highest BCUT2D eigenvalue weighted by Gasteiger charge is 2.46. The summed E-state index contributed by atoms with van der Waals surface area (Å²) in [5, 5.41) is 0. The molecule has 1 nitrogen and oxygen atoms in total. The molecule has 1 fully saturated rings. The molecule has 0 unspecified atom stereocenters. The topological polar surface area (TPSA) is 3.01 Å². The molecule has 1 aliphatic rings. The maximum Gasteiger partial charge on any atom is 0.0229 e. The van der Waals surface area contributed by atoms with Crippen molar-refractivity contribution in [2.45, 2.75) is 52.2 Å². The number of nitrogens with zero attached hydrogens (tertiary/aromatic N) is 1. The molecule has 54 valence electrons. The molecule has 0 aromatic carbocycles. The lowest BCUT2D eigenvalue weighted by Crippen LogP contribution is -2.27. The zero-order chi connectivity index (χ0) is 7.23. The molecular formula is C8H17N. The van der Waals surface area contributed by atoms with Crippen molar-refractivity contribution in [2.75, 3.05) is 0 Å². The van der Waals surface area contributed by atoms with Crippen molar-refractivity contribution in [1.82, 2.24) is 4.90 Å². The minimum absolute atomic E-state index is 0.388. The highest BCUT2D eigenvalue weighted by Crippen LogP contribution is 2.35. The monoisotopic (exact) mass is 127 g/mol. The van der Waals surface area contributed by atoms with E-state index in [1.165, 1.54) is 0 Å². The van der Waals surface area contributed by atoms with Gasteiger partial charge in [0.05, 0.1) is 0 Å². The third-order valence-electron chi connectivity index (χ3n) is 2.26. The Kier molecular flexibility index (Phi) is 1.35. The predicted molar refractivity (Wildman–Crippen MR) is 40.5 cm³/mol. The number of hydrogen-bond acceptors (Lipinski definition) is 1. The van der Waals surface area contributed by atoms with Crippen LogP contribution in [0.15, 0.2) is 0 Å². The van der Waals surface area contributed by atoms with Gasteiger partial charge in [0.15, 0.2) is 0 Å². The van der Waals surface area contributed by atoms with E-state index in [2.05, 4.69) is 39.5 Å². The molecule has 9 heavy (non-hydrogen) atoms. The van der Waals surface area contributed by atoms with E-state index in [9.17, 15) is 0 Å². The second kappa shape index (κ2) is 1.72. The van der Waals surface area contributed by atoms with E-state index in [4.69, 9.17) is 0 Å². The first-order valence-corrected chi connectivity index (χ1v) is 3.73. The summed E-state index contributed by atoms with van der Waals surface area (Å²) < 4.78 is 0. The van der Waals surface area contributed by atoms with Crippen LogP contribution in [-0.4, -0.2) is 22.5 Å². The van der Waals surface area contributed by atoms with Gasteiger partial charge in [-0.15, -0.1) is 0 Å². The fraction of sp³-hybridized carbons (Fsp3) is 1.00. The molecule has 0 aliphatic carbocycles. The van der Waals surface area contributed by atoms with Crippen molar-refractivity contribution in [3.63, 3.8) is 0 Å². The van der Waals surface area contributed by atoms with Crippen molar-refractivity contribution >= 4 is 0 Å². The molecule has 0 amide bonds. The first-order valence-electron chi connectivity index (χ1n) is 3.73. The normalized spacial score (nSPS) is 43.0. The second-order valence-corrected chi connectivity index (χ2v) is 4.06. The lowest BCUT2D eigenvalue weighted by molar-refractivity contribution is 0.275. The van der Waals surface area contributed by atoms with Crippen LogP contribution in [0.3, 0.4) is 0 Å². The zero-order valence-electron chi connectivity index (χ0n) is 7.10. The molecule has 1 rings (SSSR count). The fourth-order valence-corrected chi connectivity index (χ4v) is 1.73. The Balaban J connectivity index is 2.50. The Hall–Kier alpha value is -0.0400. The Morgan fingerprint density at radius 2 is 1.33 bits per heavy atom. The fourth-order valence-electron chi connectivity index (χ4n) is 1.73.